The molecule has 18 heavy (non-hydrogen) atoms. The van der Waals surface area contributed by atoms with Gasteiger partial charge in [0, 0.05) is 5.56 Å². The Hall–Kier alpha value is -0.780. The molecule has 1 aromatic rings. The van der Waals surface area contributed by atoms with Crippen LogP contribution in [0.15, 0.2) is 16.6 Å². The molecule has 102 valence electrons. The van der Waals surface area contributed by atoms with E-state index < -0.39 is 0 Å². The van der Waals surface area contributed by atoms with Crippen molar-refractivity contribution in [3.05, 3.63) is 22.2 Å². The molecular formula is C13H21BrN2O2. The second-order valence-corrected chi connectivity index (χ2v) is 5.03. The van der Waals surface area contributed by atoms with Crippen molar-refractivity contribution in [2.24, 2.45) is 11.8 Å². The number of nitrogens with two attached hydrogens (primary N) is 1. The van der Waals surface area contributed by atoms with Gasteiger partial charge in [0.05, 0.1) is 20.3 Å². The first-order valence-corrected chi connectivity index (χ1v) is 6.76. The van der Waals surface area contributed by atoms with Gasteiger partial charge in [0.25, 0.3) is 0 Å². The molecule has 4 nitrogen and oxygen atoms in total. The molecule has 0 aliphatic carbocycles. The van der Waals surface area contributed by atoms with Crippen LogP contribution >= 0.6 is 15.9 Å². The smallest absolute Gasteiger partial charge is 0.141 e. The van der Waals surface area contributed by atoms with Gasteiger partial charge in [0.2, 0.25) is 0 Å². The van der Waals surface area contributed by atoms with Gasteiger partial charge in [-0.1, -0.05) is 20.3 Å². The Labute approximate surface area is 117 Å². The van der Waals surface area contributed by atoms with E-state index >= 15 is 0 Å². The van der Waals surface area contributed by atoms with E-state index in [9.17, 15) is 0 Å². The van der Waals surface area contributed by atoms with Gasteiger partial charge < -0.3 is 9.47 Å². The zero-order valence-electron chi connectivity index (χ0n) is 11.3. The summed E-state index contributed by atoms with van der Waals surface area (Å²) in [5.41, 5.74) is 3.90. The topological polar surface area (TPSA) is 56.5 Å². The van der Waals surface area contributed by atoms with Gasteiger partial charge in [-0.2, -0.15) is 0 Å². The molecule has 0 radical (unpaired) electrons. The largest absolute Gasteiger partial charge is 0.495 e. The van der Waals surface area contributed by atoms with Crippen LogP contribution in [-0.4, -0.2) is 14.2 Å². The van der Waals surface area contributed by atoms with Crippen molar-refractivity contribution in [1.29, 1.82) is 0 Å². The molecule has 0 saturated heterocycles. The highest BCUT2D eigenvalue weighted by Gasteiger charge is 2.23. The van der Waals surface area contributed by atoms with E-state index in [0.717, 1.165) is 28.0 Å². The van der Waals surface area contributed by atoms with E-state index in [1.807, 2.05) is 12.1 Å². The summed E-state index contributed by atoms with van der Waals surface area (Å²) in [7, 11) is 3.28. The number of hydrazine groups is 1. The summed E-state index contributed by atoms with van der Waals surface area (Å²) in [6.07, 6.45) is 1.03. The Morgan fingerprint density at radius 1 is 1.33 bits per heavy atom. The normalized spacial score (nSPS) is 14.1. The van der Waals surface area contributed by atoms with Crippen LogP contribution in [0.4, 0.5) is 0 Å². The van der Waals surface area contributed by atoms with E-state index in [1.165, 1.54) is 0 Å². The van der Waals surface area contributed by atoms with Gasteiger partial charge in [-0.05, 0) is 34.0 Å². The fourth-order valence-electron chi connectivity index (χ4n) is 1.96. The van der Waals surface area contributed by atoms with Gasteiger partial charge >= 0.3 is 0 Å². The minimum atomic E-state index is 0.0483. The van der Waals surface area contributed by atoms with Crippen molar-refractivity contribution in [2.45, 2.75) is 26.3 Å². The molecular weight excluding hydrogens is 296 g/mol. The van der Waals surface area contributed by atoms with E-state index in [0.29, 0.717) is 5.92 Å². The SMILES string of the molecule is CCC(C)C(NN)c1ccc(OC)c(Br)c1OC. The number of halogens is 1. The zero-order chi connectivity index (χ0) is 13.7. The highest BCUT2D eigenvalue weighted by atomic mass is 79.9. The Morgan fingerprint density at radius 2 is 2.00 bits per heavy atom. The lowest BCUT2D eigenvalue weighted by molar-refractivity contribution is 0.348. The van der Waals surface area contributed by atoms with Crippen molar-refractivity contribution >= 4 is 15.9 Å². The molecule has 2 unspecified atom stereocenters. The number of hydrogen-bond donors (Lipinski definition) is 2. The van der Waals surface area contributed by atoms with Crippen molar-refractivity contribution in [3.8, 4) is 11.5 Å². The molecule has 1 rings (SSSR count). The lowest BCUT2D eigenvalue weighted by Gasteiger charge is -2.25. The van der Waals surface area contributed by atoms with Crippen molar-refractivity contribution in [2.75, 3.05) is 14.2 Å². The van der Waals surface area contributed by atoms with Crippen molar-refractivity contribution in [1.82, 2.24) is 5.43 Å². The molecule has 2 atom stereocenters. The Kier molecular flexibility index (Phi) is 5.91. The van der Waals surface area contributed by atoms with Crippen LogP contribution in [0, 0.1) is 5.92 Å². The molecule has 0 saturated carbocycles. The highest BCUT2D eigenvalue weighted by molar-refractivity contribution is 9.10. The average Bonchev–Trinajstić information content (AvgIpc) is 2.39. The van der Waals surface area contributed by atoms with E-state index in [2.05, 4.69) is 35.2 Å². The summed E-state index contributed by atoms with van der Waals surface area (Å²) < 4.78 is 11.6. The summed E-state index contributed by atoms with van der Waals surface area (Å²) in [5.74, 6) is 7.59. The van der Waals surface area contributed by atoms with Crippen molar-refractivity contribution in [3.63, 3.8) is 0 Å². The molecule has 0 bridgehead atoms. The standard InChI is InChI=1S/C13H21BrN2O2/c1-5-8(2)12(16-15)9-6-7-10(17-3)11(14)13(9)18-4/h6-8,12,16H,5,15H2,1-4H3. The lowest BCUT2D eigenvalue weighted by Crippen LogP contribution is -2.32. The maximum atomic E-state index is 5.67. The fourth-order valence-corrected chi connectivity index (χ4v) is 2.64. The third-order valence-electron chi connectivity index (χ3n) is 3.24. The van der Waals surface area contributed by atoms with Gasteiger partial charge in [-0.15, -0.1) is 0 Å². The molecule has 3 N–H and O–H groups in total. The second-order valence-electron chi connectivity index (χ2n) is 4.23. The minimum Gasteiger partial charge on any atom is -0.495 e. The van der Waals surface area contributed by atoms with Gasteiger partial charge in [0.1, 0.15) is 16.0 Å². The van der Waals surface area contributed by atoms with Crippen LogP contribution in [0.3, 0.4) is 0 Å². The Bertz CT molecular complexity index is 399. The van der Waals surface area contributed by atoms with Gasteiger partial charge in [0.15, 0.2) is 0 Å². The zero-order valence-corrected chi connectivity index (χ0v) is 12.9. The fraction of sp³-hybridized carbons (Fsp3) is 0.538. The summed E-state index contributed by atoms with van der Waals surface area (Å²) in [4.78, 5) is 0. The number of benzene rings is 1. The Morgan fingerprint density at radius 3 is 2.44 bits per heavy atom. The minimum absolute atomic E-state index is 0.0483. The summed E-state index contributed by atoms with van der Waals surface area (Å²) in [5, 5.41) is 0. The predicted octanol–water partition coefficient (Wildman–Crippen LogP) is 3.02. The average molecular weight is 317 g/mol. The molecule has 0 amide bonds. The third-order valence-corrected chi connectivity index (χ3v) is 3.99. The first-order valence-electron chi connectivity index (χ1n) is 5.97. The quantitative estimate of drug-likeness (QED) is 0.625. The summed E-state index contributed by atoms with van der Waals surface area (Å²) in [6, 6.07) is 3.94. The van der Waals surface area contributed by atoms with Crippen LogP contribution < -0.4 is 20.7 Å². The van der Waals surface area contributed by atoms with Crippen LogP contribution in [0.1, 0.15) is 31.9 Å². The van der Waals surface area contributed by atoms with Gasteiger partial charge in [-0.3, -0.25) is 11.3 Å². The van der Waals surface area contributed by atoms with E-state index in [1.54, 1.807) is 14.2 Å². The van der Waals surface area contributed by atoms with Gasteiger partial charge in [-0.25, -0.2) is 0 Å². The molecule has 0 spiro atoms. The number of methoxy groups -OCH3 is 2. The van der Waals surface area contributed by atoms with E-state index in [4.69, 9.17) is 15.3 Å². The molecule has 0 fully saturated rings. The maximum absolute atomic E-state index is 5.67. The molecule has 0 aliphatic heterocycles. The monoisotopic (exact) mass is 316 g/mol. The molecule has 1 aromatic carbocycles. The molecule has 0 aliphatic rings. The predicted molar refractivity (Wildman–Crippen MR) is 76.8 cm³/mol. The number of ether oxygens (including phenoxy) is 2. The van der Waals surface area contributed by atoms with E-state index in [-0.39, 0.29) is 6.04 Å². The molecule has 5 heteroatoms. The van der Waals surface area contributed by atoms with Crippen LogP contribution in [0.2, 0.25) is 0 Å². The summed E-state index contributed by atoms with van der Waals surface area (Å²) in [6.45, 7) is 4.29. The summed E-state index contributed by atoms with van der Waals surface area (Å²) >= 11 is 3.50. The van der Waals surface area contributed by atoms with Crippen LogP contribution in [-0.2, 0) is 0 Å². The molecule has 0 heterocycles. The van der Waals surface area contributed by atoms with Crippen LogP contribution in [0.25, 0.3) is 0 Å². The maximum Gasteiger partial charge on any atom is 0.141 e. The number of nitrogens with one attached hydrogen (secondary N) is 1. The second kappa shape index (κ2) is 6.97. The first-order chi connectivity index (χ1) is 8.60. The van der Waals surface area contributed by atoms with Crippen molar-refractivity contribution < 1.29 is 9.47 Å². The number of hydrogen-bond acceptors (Lipinski definition) is 4. The number of rotatable bonds is 6. The first kappa shape index (κ1) is 15.3. The Balaban J connectivity index is 3.26. The highest BCUT2D eigenvalue weighted by Crippen LogP contribution is 2.41. The van der Waals surface area contributed by atoms with Crippen LogP contribution in [0.5, 0.6) is 11.5 Å². The lowest BCUT2D eigenvalue weighted by atomic mass is 9.92. The molecule has 0 aromatic heterocycles. The third kappa shape index (κ3) is 2.96.